The lowest BCUT2D eigenvalue weighted by Gasteiger charge is -2.19. The van der Waals surface area contributed by atoms with Gasteiger partial charge in [0.1, 0.15) is 0 Å². The topological polar surface area (TPSA) is 88.1 Å². The van der Waals surface area contributed by atoms with Crippen molar-refractivity contribution in [2.24, 2.45) is 11.8 Å². The Kier molecular flexibility index (Phi) is 5.83. The number of nitrogens with one attached hydrogen (secondary N) is 1. The highest BCUT2D eigenvalue weighted by Gasteiger charge is 2.53. The summed E-state index contributed by atoms with van der Waals surface area (Å²) in [5, 5.41) is 11.4. The van der Waals surface area contributed by atoms with E-state index in [9.17, 15) is 22.8 Å². The monoisotopic (exact) mass is 376 g/mol. The number of nitrogens with zero attached hydrogens (tertiary/aromatic N) is 1. The smallest absolute Gasteiger partial charge is 0.394 e. The van der Waals surface area contributed by atoms with Gasteiger partial charge in [0.15, 0.2) is 11.5 Å². The molecule has 2 atom stereocenters. The molecule has 0 radical (unpaired) electrons. The first-order valence-corrected chi connectivity index (χ1v) is 7.83. The summed E-state index contributed by atoms with van der Waals surface area (Å²) in [5.74, 6) is -4.55. The van der Waals surface area contributed by atoms with Crippen molar-refractivity contribution in [3.05, 3.63) is 18.2 Å². The van der Waals surface area contributed by atoms with Crippen molar-refractivity contribution in [2.45, 2.75) is 13.1 Å². The number of carboxylic acid groups (broad SMARTS) is 1. The number of anilines is 1. The third kappa shape index (κ3) is 4.30. The molecule has 10 heteroatoms. The van der Waals surface area contributed by atoms with Gasteiger partial charge in [-0.25, -0.2) is 4.79 Å². The van der Waals surface area contributed by atoms with Crippen molar-refractivity contribution in [1.29, 1.82) is 0 Å². The molecule has 1 aromatic rings. The lowest BCUT2D eigenvalue weighted by molar-refractivity contribution is -0.187. The molecule has 1 heterocycles. The number of carboxylic acids is 1. The predicted molar refractivity (Wildman–Crippen MR) is 85.4 cm³/mol. The highest BCUT2D eigenvalue weighted by molar-refractivity contribution is 5.90. The number of benzene rings is 1. The van der Waals surface area contributed by atoms with E-state index in [1.807, 2.05) is 0 Å². The number of carbonyl (C=O) groups is 2. The van der Waals surface area contributed by atoms with Crippen LogP contribution in [0, 0.1) is 11.8 Å². The summed E-state index contributed by atoms with van der Waals surface area (Å²) in [4.78, 5) is 24.2. The van der Waals surface area contributed by atoms with E-state index in [2.05, 4.69) is 5.32 Å². The van der Waals surface area contributed by atoms with Crippen LogP contribution >= 0.6 is 0 Å². The molecule has 1 aromatic carbocycles. The number of aliphatic carboxylic acids is 1. The van der Waals surface area contributed by atoms with Gasteiger partial charge in [-0.3, -0.25) is 4.79 Å². The van der Waals surface area contributed by atoms with E-state index < -0.39 is 43.1 Å². The molecule has 2 rings (SSSR count). The number of likely N-dealkylation sites (tertiary alicyclic amines) is 1. The van der Waals surface area contributed by atoms with Crippen LogP contribution in [0.25, 0.3) is 0 Å². The molecule has 0 aromatic heterocycles. The molecule has 2 N–H and O–H groups in total. The molecule has 144 valence electrons. The summed E-state index contributed by atoms with van der Waals surface area (Å²) in [6, 6.07) is 3.72. The van der Waals surface area contributed by atoms with E-state index in [1.54, 1.807) is 13.0 Å². The second-order valence-electron chi connectivity index (χ2n) is 5.73. The molecule has 0 aliphatic carbocycles. The van der Waals surface area contributed by atoms with E-state index in [0.29, 0.717) is 18.1 Å². The Balaban J connectivity index is 2.11. The highest BCUT2D eigenvalue weighted by Crippen LogP contribution is 2.38. The lowest BCUT2D eigenvalue weighted by Crippen LogP contribution is -2.35. The molecule has 0 spiro atoms. The van der Waals surface area contributed by atoms with E-state index in [0.717, 1.165) is 4.90 Å². The molecule has 0 unspecified atom stereocenters. The van der Waals surface area contributed by atoms with E-state index in [4.69, 9.17) is 14.6 Å². The summed E-state index contributed by atoms with van der Waals surface area (Å²) in [7, 11) is 1.41. The fraction of sp³-hybridized carbons (Fsp3) is 0.500. The van der Waals surface area contributed by atoms with Crippen LogP contribution in [-0.2, 0) is 4.79 Å². The van der Waals surface area contributed by atoms with Gasteiger partial charge < -0.3 is 24.8 Å². The summed E-state index contributed by atoms with van der Waals surface area (Å²) >= 11 is 0. The average molecular weight is 376 g/mol. The number of methoxy groups -OCH3 is 1. The molecule has 1 aliphatic rings. The Morgan fingerprint density at radius 2 is 2.00 bits per heavy atom. The van der Waals surface area contributed by atoms with Crippen LogP contribution in [0.2, 0.25) is 0 Å². The van der Waals surface area contributed by atoms with Crippen LogP contribution in [0.15, 0.2) is 18.2 Å². The number of rotatable bonds is 5. The minimum Gasteiger partial charge on any atom is -0.493 e. The number of halogens is 3. The number of alkyl halides is 3. The Bertz CT molecular complexity index is 680. The van der Waals surface area contributed by atoms with Crippen molar-refractivity contribution in [1.82, 2.24) is 4.90 Å². The fourth-order valence-electron chi connectivity index (χ4n) is 2.77. The van der Waals surface area contributed by atoms with Gasteiger partial charge in [-0.05, 0) is 19.1 Å². The van der Waals surface area contributed by atoms with E-state index in [1.165, 1.54) is 19.2 Å². The van der Waals surface area contributed by atoms with E-state index >= 15 is 0 Å². The first-order valence-electron chi connectivity index (χ1n) is 7.83. The molecule has 1 aliphatic heterocycles. The molecule has 7 nitrogen and oxygen atoms in total. The maximum absolute atomic E-state index is 13.0. The SMILES string of the molecule is CCOc1ccc(NC(=O)N2C[C@@H](C(F)(F)F)[C@H](C(=O)O)C2)cc1OC. The van der Waals surface area contributed by atoms with Crippen LogP contribution in [0.3, 0.4) is 0 Å². The summed E-state index contributed by atoms with van der Waals surface area (Å²) in [5.41, 5.74) is 0.289. The molecule has 1 fully saturated rings. The summed E-state index contributed by atoms with van der Waals surface area (Å²) in [6.45, 7) is 0.976. The zero-order chi connectivity index (χ0) is 19.5. The third-order valence-corrected chi connectivity index (χ3v) is 4.06. The number of amides is 2. The van der Waals surface area contributed by atoms with Crippen LogP contribution in [0.1, 0.15) is 6.92 Å². The minimum atomic E-state index is -4.69. The van der Waals surface area contributed by atoms with Crippen LogP contribution in [0.5, 0.6) is 11.5 Å². The average Bonchev–Trinajstić information content (AvgIpc) is 3.02. The van der Waals surface area contributed by atoms with Crippen molar-refractivity contribution < 1.29 is 37.3 Å². The van der Waals surface area contributed by atoms with Crippen molar-refractivity contribution in [3.63, 3.8) is 0 Å². The Morgan fingerprint density at radius 3 is 2.50 bits per heavy atom. The predicted octanol–water partition coefficient (Wildman–Crippen LogP) is 2.82. The van der Waals surface area contributed by atoms with Crippen LogP contribution in [0.4, 0.5) is 23.7 Å². The zero-order valence-electron chi connectivity index (χ0n) is 14.2. The van der Waals surface area contributed by atoms with Gasteiger partial charge in [-0.1, -0.05) is 0 Å². The molecular formula is C16H19F3N2O5. The second kappa shape index (κ2) is 7.71. The van der Waals surface area contributed by atoms with Crippen LogP contribution in [-0.4, -0.2) is 55.0 Å². The highest BCUT2D eigenvalue weighted by atomic mass is 19.4. The number of ether oxygens (including phenoxy) is 2. The maximum atomic E-state index is 13.0. The van der Waals surface area contributed by atoms with E-state index in [-0.39, 0.29) is 5.69 Å². The molecule has 0 saturated carbocycles. The normalized spacial score (nSPS) is 20.0. The van der Waals surface area contributed by atoms with Crippen molar-refractivity contribution in [2.75, 3.05) is 32.1 Å². The Morgan fingerprint density at radius 1 is 1.31 bits per heavy atom. The zero-order valence-corrected chi connectivity index (χ0v) is 14.2. The second-order valence-corrected chi connectivity index (χ2v) is 5.73. The molecule has 0 bridgehead atoms. The largest absolute Gasteiger partial charge is 0.493 e. The summed E-state index contributed by atoms with van der Waals surface area (Å²) < 4.78 is 49.5. The molecular weight excluding hydrogens is 357 g/mol. The summed E-state index contributed by atoms with van der Waals surface area (Å²) in [6.07, 6.45) is -4.69. The van der Waals surface area contributed by atoms with Gasteiger partial charge in [0.2, 0.25) is 0 Å². The number of hydrogen-bond donors (Lipinski definition) is 2. The van der Waals surface area contributed by atoms with Crippen LogP contribution < -0.4 is 14.8 Å². The van der Waals surface area contributed by atoms with Gasteiger partial charge in [-0.15, -0.1) is 0 Å². The first-order chi connectivity index (χ1) is 12.2. The Labute approximate surface area is 147 Å². The third-order valence-electron chi connectivity index (χ3n) is 4.06. The first kappa shape index (κ1) is 19.7. The standard InChI is InChI=1S/C16H19F3N2O5/c1-3-26-12-5-4-9(6-13(12)25-2)20-15(24)21-7-10(14(22)23)11(8-21)16(17,18)19/h4-6,10-11H,3,7-8H2,1-2H3,(H,20,24)(H,22,23)/t10-,11-/m1/s1. The van der Waals surface area contributed by atoms with Gasteiger partial charge in [-0.2, -0.15) is 13.2 Å². The quantitative estimate of drug-likeness (QED) is 0.825. The van der Waals surface area contributed by atoms with Gasteiger partial charge in [0.25, 0.3) is 0 Å². The minimum absolute atomic E-state index is 0.289. The lowest BCUT2D eigenvalue weighted by atomic mass is 9.96. The van der Waals surface area contributed by atoms with Crippen molar-refractivity contribution >= 4 is 17.7 Å². The molecule has 26 heavy (non-hydrogen) atoms. The number of urea groups is 1. The van der Waals surface area contributed by atoms with Gasteiger partial charge in [0, 0.05) is 24.8 Å². The molecule has 1 saturated heterocycles. The van der Waals surface area contributed by atoms with Crippen molar-refractivity contribution in [3.8, 4) is 11.5 Å². The number of carbonyl (C=O) groups excluding carboxylic acids is 1. The Hall–Kier alpha value is -2.65. The van der Waals surface area contributed by atoms with Gasteiger partial charge >= 0.3 is 18.2 Å². The van der Waals surface area contributed by atoms with Gasteiger partial charge in [0.05, 0.1) is 25.6 Å². The molecule has 2 amide bonds. The maximum Gasteiger partial charge on any atom is 0.394 e. The fourth-order valence-corrected chi connectivity index (χ4v) is 2.77. The number of hydrogen-bond acceptors (Lipinski definition) is 4.